The van der Waals surface area contributed by atoms with Crippen molar-refractivity contribution in [3.8, 4) is 6.07 Å². The van der Waals surface area contributed by atoms with Gasteiger partial charge < -0.3 is 9.42 Å². The fraction of sp³-hybridized carbons (Fsp3) is 0.429. The number of rotatable bonds is 3. The molecule has 108 valence electrons. The maximum absolute atomic E-state index is 9.14. The molecule has 0 aliphatic carbocycles. The molecule has 1 fully saturated rings. The maximum Gasteiger partial charge on any atom is 0.223 e. The fourth-order valence-corrected chi connectivity index (χ4v) is 2.46. The monoisotopic (exact) mass is 284 g/mol. The molecule has 0 N–H and O–H groups in total. The topological polar surface area (TPSA) is 82.1 Å². The maximum atomic E-state index is 9.14. The van der Waals surface area contributed by atoms with E-state index in [1.165, 1.54) is 0 Å². The number of hydrogen-bond donors (Lipinski definition) is 0. The van der Waals surface area contributed by atoms with Gasteiger partial charge in [0.2, 0.25) is 5.89 Å². The predicted molar refractivity (Wildman–Crippen MR) is 75.5 cm³/mol. The molecule has 7 nitrogen and oxygen atoms in total. The smallest absolute Gasteiger partial charge is 0.223 e. The Morgan fingerprint density at radius 3 is 2.81 bits per heavy atom. The Hall–Kier alpha value is -2.46. The first-order valence-electron chi connectivity index (χ1n) is 6.88. The van der Waals surface area contributed by atoms with E-state index in [0.29, 0.717) is 18.0 Å². The van der Waals surface area contributed by atoms with Crippen LogP contribution in [-0.2, 0) is 6.54 Å². The quantitative estimate of drug-likeness (QED) is 0.830. The van der Waals surface area contributed by atoms with E-state index in [9.17, 15) is 0 Å². The first-order valence-corrected chi connectivity index (χ1v) is 6.88. The van der Waals surface area contributed by atoms with Crippen molar-refractivity contribution in [2.45, 2.75) is 13.5 Å². The van der Waals surface area contributed by atoms with Crippen molar-refractivity contribution in [3.05, 3.63) is 35.6 Å². The lowest BCUT2D eigenvalue weighted by atomic mass is 10.2. The Labute approximate surface area is 122 Å². The molecule has 0 unspecified atom stereocenters. The van der Waals surface area contributed by atoms with Crippen LogP contribution < -0.4 is 4.90 Å². The lowest BCUT2D eigenvalue weighted by molar-refractivity contribution is 0.239. The molecule has 1 saturated heterocycles. The van der Waals surface area contributed by atoms with Crippen LogP contribution in [0, 0.1) is 18.3 Å². The van der Waals surface area contributed by atoms with Crippen LogP contribution in [0.3, 0.4) is 0 Å². The Morgan fingerprint density at radius 2 is 2.14 bits per heavy atom. The number of nitriles is 1. The highest BCUT2D eigenvalue weighted by Gasteiger charge is 2.21. The molecular weight excluding hydrogens is 268 g/mol. The second-order valence-electron chi connectivity index (χ2n) is 4.98. The van der Waals surface area contributed by atoms with E-state index in [1.54, 1.807) is 25.3 Å². The molecule has 1 aliphatic heterocycles. The Bertz CT molecular complexity index is 653. The first-order chi connectivity index (χ1) is 10.3. The SMILES string of the molecule is Cc1nc(CN2CCN(c3ncccc3C#N)CC2)no1. The van der Waals surface area contributed by atoms with Gasteiger partial charge in [-0.05, 0) is 12.1 Å². The molecule has 0 aromatic carbocycles. The van der Waals surface area contributed by atoms with Crippen molar-refractivity contribution in [1.29, 1.82) is 5.26 Å². The van der Waals surface area contributed by atoms with Crippen LogP contribution in [0.2, 0.25) is 0 Å². The van der Waals surface area contributed by atoms with Crippen LogP contribution in [-0.4, -0.2) is 46.2 Å². The molecule has 0 saturated carbocycles. The second kappa shape index (κ2) is 5.89. The summed E-state index contributed by atoms with van der Waals surface area (Å²) in [6.45, 7) is 5.92. The number of pyridine rings is 1. The summed E-state index contributed by atoms with van der Waals surface area (Å²) in [6, 6.07) is 5.79. The van der Waals surface area contributed by atoms with Gasteiger partial charge in [-0.15, -0.1) is 0 Å². The number of aryl methyl sites for hydroxylation is 1. The Morgan fingerprint density at radius 1 is 1.33 bits per heavy atom. The van der Waals surface area contributed by atoms with Crippen molar-refractivity contribution >= 4 is 5.82 Å². The van der Waals surface area contributed by atoms with Crippen LogP contribution >= 0.6 is 0 Å². The van der Waals surface area contributed by atoms with Crippen molar-refractivity contribution < 1.29 is 4.52 Å². The van der Waals surface area contributed by atoms with Gasteiger partial charge >= 0.3 is 0 Å². The van der Waals surface area contributed by atoms with Crippen molar-refractivity contribution in [1.82, 2.24) is 20.0 Å². The minimum absolute atomic E-state index is 0.593. The summed E-state index contributed by atoms with van der Waals surface area (Å²) in [6.07, 6.45) is 1.73. The largest absolute Gasteiger partial charge is 0.353 e. The molecule has 0 atom stereocenters. The fourth-order valence-electron chi connectivity index (χ4n) is 2.46. The van der Waals surface area contributed by atoms with Crippen molar-refractivity contribution in [2.24, 2.45) is 0 Å². The van der Waals surface area contributed by atoms with E-state index in [4.69, 9.17) is 9.78 Å². The highest BCUT2D eigenvalue weighted by atomic mass is 16.5. The van der Waals surface area contributed by atoms with Gasteiger partial charge in [0.15, 0.2) is 5.82 Å². The Kier molecular flexibility index (Phi) is 3.79. The second-order valence-corrected chi connectivity index (χ2v) is 4.98. The van der Waals surface area contributed by atoms with Crippen LogP contribution in [0.25, 0.3) is 0 Å². The molecule has 0 radical (unpaired) electrons. The van der Waals surface area contributed by atoms with E-state index < -0.39 is 0 Å². The average Bonchev–Trinajstić information content (AvgIpc) is 2.93. The molecule has 0 amide bonds. The van der Waals surface area contributed by atoms with Crippen molar-refractivity contribution in [3.63, 3.8) is 0 Å². The third-order valence-electron chi connectivity index (χ3n) is 3.51. The van der Waals surface area contributed by atoms with Crippen LogP contribution in [0.5, 0.6) is 0 Å². The number of piperazine rings is 1. The summed E-state index contributed by atoms with van der Waals surface area (Å²) >= 11 is 0. The molecular formula is C14H16N6O. The highest BCUT2D eigenvalue weighted by Crippen LogP contribution is 2.18. The van der Waals surface area contributed by atoms with Gasteiger partial charge in [0.25, 0.3) is 0 Å². The molecule has 3 rings (SSSR count). The average molecular weight is 284 g/mol. The first kappa shape index (κ1) is 13.5. The van der Waals surface area contributed by atoms with E-state index >= 15 is 0 Å². The third-order valence-corrected chi connectivity index (χ3v) is 3.51. The normalized spacial score (nSPS) is 15.9. The van der Waals surface area contributed by atoms with E-state index in [0.717, 1.165) is 37.8 Å². The van der Waals surface area contributed by atoms with E-state index in [-0.39, 0.29) is 0 Å². The van der Waals surface area contributed by atoms with Gasteiger partial charge in [0.1, 0.15) is 11.9 Å². The summed E-state index contributed by atoms with van der Waals surface area (Å²) in [4.78, 5) is 13.0. The zero-order valence-electron chi connectivity index (χ0n) is 11.9. The zero-order valence-corrected chi connectivity index (χ0v) is 11.9. The van der Waals surface area contributed by atoms with Crippen LogP contribution in [0.1, 0.15) is 17.3 Å². The molecule has 7 heteroatoms. The van der Waals surface area contributed by atoms with Gasteiger partial charge in [0.05, 0.1) is 12.1 Å². The Balaban J connectivity index is 1.61. The molecule has 21 heavy (non-hydrogen) atoms. The highest BCUT2D eigenvalue weighted by molar-refractivity contribution is 5.53. The molecule has 0 bridgehead atoms. The molecule has 3 heterocycles. The standard InChI is InChI=1S/C14H16N6O/c1-11-17-13(18-21-11)10-19-5-7-20(8-6-19)14-12(9-15)3-2-4-16-14/h2-4H,5-8,10H2,1H3. The summed E-state index contributed by atoms with van der Waals surface area (Å²) in [5.41, 5.74) is 0.625. The number of anilines is 1. The number of nitrogens with zero attached hydrogens (tertiary/aromatic N) is 6. The van der Waals surface area contributed by atoms with Crippen LogP contribution in [0.15, 0.2) is 22.9 Å². The lowest BCUT2D eigenvalue weighted by Crippen LogP contribution is -2.46. The summed E-state index contributed by atoms with van der Waals surface area (Å²) in [5.74, 6) is 2.09. The number of aromatic nitrogens is 3. The van der Waals surface area contributed by atoms with Gasteiger partial charge in [0, 0.05) is 39.3 Å². The number of hydrogen-bond acceptors (Lipinski definition) is 7. The zero-order chi connectivity index (χ0) is 14.7. The lowest BCUT2D eigenvalue weighted by Gasteiger charge is -2.35. The summed E-state index contributed by atoms with van der Waals surface area (Å²) in [5, 5.41) is 13.1. The van der Waals surface area contributed by atoms with Crippen molar-refractivity contribution in [2.75, 3.05) is 31.1 Å². The minimum atomic E-state index is 0.593. The summed E-state index contributed by atoms with van der Waals surface area (Å²) < 4.78 is 4.98. The van der Waals surface area contributed by atoms with Gasteiger partial charge in [-0.25, -0.2) is 4.98 Å². The third kappa shape index (κ3) is 3.01. The molecule has 2 aromatic rings. The summed E-state index contributed by atoms with van der Waals surface area (Å²) in [7, 11) is 0. The minimum Gasteiger partial charge on any atom is -0.353 e. The van der Waals surface area contributed by atoms with Crippen LogP contribution in [0.4, 0.5) is 5.82 Å². The molecule has 2 aromatic heterocycles. The van der Waals surface area contributed by atoms with Gasteiger partial charge in [-0.2, -0.15) is 10.2 Å². The molecule has 0 spiro atoms. The molecule has 1 aliphatic rings. The van der Waals surface area contributed by atoms with E-state index in [1.807, 2.05) is 0 Å². The van der Waals surface area contributed by atoms with Gasteiger partial charge in [-0.1, -0.05) is 5.16 Å². The van der Waals surface area contributed by atoms with Gasteiger partial charge in [-0.3, -0.25) is 4.90 Å². The van der Waals surface area contributed by atoms with E-state index in [2.05, 4.69) is 31.0 Å². The predicted octanol–water partition coefficient (Wildman–Crippen LogP) is 0.967.